The Labute approximate surface area is 157 Å². The van der Waals surface area contributed by atoms with Crippen molar-refractivity contribution in [1.82, 2.24) is 30.7 Å². The highest BCUT2D eigenvalue weighted by atomic mass is 16.3. The molecule has 0 radical (unpaired) electrons. The van der Waals surface area contributed by atoms with E-state index in [4.69, 9.17) is 4.42 Å². The summed E-state index contributed by atoms with van der Waals surface area (Å²) in [5.41, 5.74) is 1.89. The lowest BCUT2D eigenvalue weighted by Gasteiger charge is -2.32. The molecule has 8 nitrogen and oxygen atoms in total. The van der Waals surface area contributed by atoms with Crippen LogP contribution in [-0.4, -0.2) is 51.7 Å². The molecule has 140 valence electrons. The molecule has 1 aliphatic heterocycles. The van der Waals surface area contributed by atoms with E-state index in [1.807, 2.05) is 30.3 Å². The Balaban J connectivity index is 1.31. The Morgan fingerprint density at radius 3 is 2.93 bits per heavy atom. The fourth-order valence-electron chi connectivity index (χ4n) is 3.16. The van der Waals surface area contributed by atoms with Crippen LogP contribution >= 0.6 is 0 Å². The number of carbonyl (C=O) groups is 1. The maximum absolute atomic E-state index is 12.5. The van der Waals surface area contributed by atoms with Crippen molar-refractivity contribution in [3.8, 4) is 11.5 Å². The summed E-state index contributed by atoms with van der Waals surface area (Å²) in [6, 6.07) is 9.34. The molecular formula is C19H22N6O2. The van der Waals surface area contributed by atoms with Crippen molar-refractivity contribution in [3.63, 3.8) is 0 Å². The topological polar surface area (TPSA) is 99.1 Å². The van der Waals surface area contributed by atoms with E-state index >= 15 is 0 Å². The quantitative estimate of drug-likeness (QED) is 0.605. The van der Waals surface area contributed by atoms with Gasteiger partial charge in [0, 0.05) is 44.8 Å². The van der Waals surface area contributed by atoms with E-state index in [9.17, 15) is 4.79 Å². The molecule has 3 N–H and O–H groups in total. The Kier molecular flexibility index (Phi) is 5.27. The van der Waals surface area contributed by atoms with Gasteiger partial charge in [-0.3, -0.25) is 19.8 Å². The molecule has 3 aromatic rings. The normalized spacial score (nSPS) is 17.7. The molecule has 1 amide bonds. The van der Waals surface area contributed by atoms with Crippen LogP contribution < -0.4 is 10.6 Å². The number of nitrogens with one attached hydrogen (secondary N) is 3. The zero-order chi connectivity index (χ0) is 18.5. The van der Waals surface area contributed by atoms with Gasteiger partial charge in [-0.2, -0.15) is 5.10 Å². The summed E-state index contributed by atoms with van der Waals surface area (Å²) in [4.78, 5) is 18.7. The molecule has 1 aliphatic rings. The average Bonchev–Trinajstić information content (AvgIpc) is 3.39. The van der Waals surface area contributed by atoms with Crippen LogP contribution in [0.1, 0.15) is 11.3 Å². The molecule has 3 aromatic heterocycles. The van der Waals surface area contributed by atoms with Gasteiger partial charge in [0.15, 0.2) is 5.76 Å². The number of furan rings is 1. The van der Waals surface area contributed by atoms with E-state index < -0.39 is 0 Å². The number of aromatic nitrogens is 3. The monoisotopic (exact) mass is 366 g/mol. The van der Waals surface area contributed by atoms with E-state index in [-0.39, 0.29) is 11.9 Å². The molecule has 4 heterocycles. The van der Waals surface area contributed by atoms with E-state index in [2.05, 4.69) is 30.7 Å². The van der Waals surface area contributed by atoms with E-state index in [1.165, 1.54) is 0 Å². The first-order valence-electron chi connectivity index (χ1n) is 8.99. The highest BCUT2D eigenvalue weighted by molar-refractivity contribution is 5.82. The Morgan fingerprint density at radius 1 is 1.22 bits per heavy atom. The third-order valence-corrected chi connectivity index (χ3v) is 4.60. The first kappa shape index (κ1) is 17.4. The highest BCUT2D eigenvalue weighted by Crippen LogP contribution is 2.20. The van der Waals surface area contributed by atoms with Crippen LogP contribution in [0.15, 0.2) is 53.3 Å². The summed E-state index contributed by atoms with van der Waals surface area (Å²) in [5.74, 6) is 1.65. The van der Waals surface area contributed by atoms with Crippen molar-refractivity contribution in [3.05, 3.63) is 60.2 Å². The SMILES string of the molecule is O=C(NCc1ccncc1)[C@@H]1CN(Cc2ccc(-c3ccn[nH]3)o2)CCN1. The van der Waals surface area contributed by atoms with Gasteiger partial charge >= 0.3 is 0 Å². The van der Waals surface area contributed by atoms with Crippen LogP contribution in [0.2, 0.25) is 0 Å². The molecule has 0 unspecified atom stereocenters. The number of hydrogen-bond donors (Lipinski definition) is 3. The predicted octanol–water partition coefficient (Wildman–Crippen LogP) is 1.15. The smallest absolute Gasteiger partial charge is 0.238 e. The zero-order valence-electron chi connectivity index (χ0n) is 14.9. The van der Waals surface area contributed by atoms with Crippen LogP contribution in [0.5, 0.6) is 0 Å². The first-order chi connectivity index (χ1) is 13.3. The molecule has 4 rings (SSSR count). The molecule has 0 spiro atoms. The summed E-state index contributed by atoms with van der Waals surface area (Å²) < 4.78 is 5.89. The van der Waals surface area contributed by atoms with Gasteiger partial charge in [-0.05, 0) is 35.9 Å². The molecule has 1 atom stereocenters. The number of hydrogen-bond acceptors (Lipinski definition) is 6. The van der Waals surface area contributed by atoms with Crippen molar-refractivity contribution in [1.29, 1.82) is 0 Å². The zero-order valence-corrected chi connectivity index (χ0v) is 14.9. The lowest BCUT2D eigenvalue weighted by atomic mass is 10.2. The summed E-state index contributed by atoms with van der Waals surface area (Å²) in [6.45, 7) is 3.45. The number of rotatable bonds is 6. The number of piperazine rings is 1. The molecule has 0 aromatic carbocycles. The van der Waals surface area contributed by atoms with E-state index in [0.717, 1.165) is 35.9 Å². The van der Waals surface area contributed by atoms with Crippen molar-refractivity contribution < 1.29 is 9.21 Å². The van der Waals surface area contributed by atoms with Crippen LogP contribution in [0.4, 0.5) is 0 Å². The highest BCUT2D eigenvalue weighted by Gasteiger charge is 2.25. The number of nitrogens with zero attached hydrogens (tertiary/aromatic N) is 3. The summed E-state index contributed by atoms with van der Waals surface area (Å²) in [6.07, 6.45) is 5.15. The third kappa shape index (κ3) is 4.42. The van der Waals surface area contributed by atoms with Crippen molar-refractivity contribution >= 4 is 5.91 Å². The number of carbonyl (C=O) groups excluding carboxylic acids is 1. The fraction of sp³-hybridized carbons (Fsp3) is 0.316. The minimum atomic E-state index is -0.234. The lowest BCUT2D eigenvalue weighted by molar-refractivity contribution is -0.124. The van der Waals surface area contributed by atoms with E-state index in [1.54, 1.807) is 18.6 Å². The Hall–Kier alpha value is -2.97. The second-order valence-corrected chi connectivity index (χ2v) is 6.55. The molecule has 0 saturated carbocycles. The van der Waals surface area contributed by atoms with Gasteiger partial charge in [-0.25, -0.2) is 0 Å². The van der Waals surface area contributed by atoms with Crippen molar-refractivity contribution in [2.24, 2.45) is 0 Å². The van der Waals surface area contributed by atoms with Gasteiger partial charge in [0.05, 0.1) is 12.6 Å². The van der Waals surface area contributed by atoms with Gasteiger partial charge in [0.2, 0.25) is 5.91 Å². The third-order valence-electron chi connectivity index (χ3n) is 4.60. The largest absolute Gasteiger partial charge is 0.458 e. The average molecular weight is 366 g/mol. The van der Waals surface area contributed by atoms with Crippen LogP contribution in [0.25, 0.3) is 11.5 Å². The predicted molar refractivity (Wildman–Crippen MR) is 99.4 cm³/mol. The number of aromatic amines is 1. The summed E-state index contributed by atoms with van der Waals surface area (Å²) >= 11 is 0. The Morgan fingerprint density at radius 2 is 2.11 bits per heavy atom. The number of pyridine rings is 1. The van der Waals surface area contributed by atoms with Crippen molar-refractivity contribution in [2.45, 2.75) is 19.1 Å². The lowest BCUT2D eigenvalue weighted by Crippen LogP contribution is -2.56. The second kappa shape index (κ2) is 8.15. The fourth-order valence-corrected chi connectivity index (χ4v) is 3.16. The van der Waals surface area contributed by atoms with Gasteiger partial charge in [-0.1, -0.05) is 0 Å². The molecule has 1 fully saturated rings. The molecule has 27 heavy (non-hydrogen) atoms. The molecular weight excluding hydrogens is 344 g/mol. The van der Waals surface area contributed by atoms with Gasteiger partial charge < -0.3 is 15.1 Å². The molecule has 0 bridgehead atoms. The maximum Gasteiger partial charge on any atom is 0.238 e. The molecule has 1 saturated heterocycles. The second-order valence-electron chi connectivity index (χ2n) is 6.55. The number of amides is 1. The Bertz CT molecular complexity index is 861. The van der Waals surface area contributed by atoms with Crippen LogP contribution in [-0.2, 0) is 17.9 Å². The van der Waals surface area contributed by atoms with Gasteiger partial charge in [0.1, 0.15) is 11.5 Å². The summed E-state index contributed by atoms with van der Waals surface area (Å²) in [7, 11) is 0. The van der Waals surface area contributed by atoms with E-state index in [0.29, 0.717) is 19.6 Å². The summed E-state index contributed by atoms with van der Waals surface area (Å²) in [5, 5.41) is 13.1. The van der Waals surface area contributed by atoms with Gasteiger partial charge in [0.25, 0.3) is 0 Å². The molecule has 8 heteroatoms. The number of H-pyrrole nitrogens is 1. The molecule has 0 aliphatic carbocycles. The van der Waals surface area contributed by atoms with Gasteiger partial charge in [-0.15, -0.1) is 0 Å². The van der Waals surface area contributed by atoms with Crippen LogP contribution in [0, 0.1) is 0 Å². The maximum atomic E-state index is 12.5. The minimum absolute atomic E-state index is 0.00843. The van der Waals surface area contributed by atoms with Crippen molar-refractivity contribution in [2.75, 3.05) is 19.6 Å². The first-order valence-corrected chi connectivity index (χ1v) is 8.99. The van der Waals surface area contributed by atoms with Crippen LogP contribution in [0.3, 0.4) is 0 Å². The minimum Gasteiger partial charge on any atom is -0.458 e. The standard InChI is InChI=1S/C19H22N6O2/c26-19(22-11-14-3-6-20-7-4-14)17-13-25(10-9-21-17)12-15-1-2-18(27-15)16-5-8-23-24-16/h1-8,17,21H,9-13H2,(H,22,26)(H,23,24)/t17-/m0/s1.